The van der Waals surface area contributed by atoms with Crippen molar-refractivity contribution in [2.75, 3.05) is 38.1 Å². The number of rotatable bonds is 4. The van der Waals surface area contributed by atoms with E-state index in [9.17, 15) is 4.79 Å². The lowest BCUT2D eigenvalue weighted by atomic mass is 10.2. The first kappa shape index (κ1) is 15.7. The van der Waals surface area contributed by atoms with Gasteiger partial charge in [0.1, 0.15) is 11.5 Å². The lowest BCUT2D eigenvalue weighted by molar-refractivity contribution is 0.253. The van der Waals surface area contributed by atoms with E-state index in [1.807, 2.05) is 48.5 Å². The van der Waals surface area contributed by atoms with Gasteiger partial charge in [-0.15, -0.1) is 0 Å². The zero-order valence-electron chi connectivity index (χ0n) is 13.2. The Bertz CT molecular complexity index is 602. The van der Waals surface area contributed by atoms with Crippen molar-refractivity contribution < 1.29 is 14.3 Å². The molecule has 0 atom stereocenters. The monoisotopic (exact) mass is 300 g/mol. The molecule has 0 aromatic heterocycles. The number of para-hydroxylation sites is 4. The van der Waals surface area contributed by atoms with Crippen LogP contribution in [0.15, 0.2) is 48.5 Å². The third-order valence-corrected chi connectivity index (χ3v) is 3.47. The molecule has 0 saturated heterocycles. The van der Waals surface area contributed by atoms with E-state index in [0.717, 1.165) is 0 Å². The van der Waals surface area contributed by atoms with Crippen molar-refractivity contribution in [1.29, 1.82) is 0 Å². The van der Waals surface area contributed by atoms with Gasteiger partial charge in [0.05, 0.1) is 25.6 Å². The highest BCUT2D eigenvalue weighted by molar-refractivity contribution is 6.04. The maximum atomic E-state index is 12.7. The summed E-state index contributed by atoms with van der Waals surface area (Å²) in [5.74, 6) is 1.29. The number of methoxy groups -OCH3 is 2. The zero-order chi connectivity index (χ0) is 16.1. The smallest absolute Gasteiger partial charge is 0.328 e. The van der Waals surface area contributed by atoms with Gasteiger partial charge < -0.3 is 9.47 Å². The number of carbonyl (C=O) groups excluding carboxylic acids is 1. The Morgan fingerprint density at radius 3 is 1.50 bits per heavy atom. The molecule has 2 aromatic rings. The standard InChI is InChI=1S/C17H20N2O3/c1-18(13-9-5-7-11-15(13)21-3)17(20)19(2)14-10-6-8-12-16(14)22-4/h5-12H,1-4H3. The molecule has 2 aromatic carbocycles. The zero-order valence-corrected chi connectivity index (χ0v) is 13.2. The largest absolute Gasteiger partial charge is 0.495 e. The molecule has 0 aliphatic carbocycles. The Balaban J connectivity index is 2.30. The molecule has 0 heterocycles. The molecule has 0 fully saturated rings. The fourth-order valence-electron chi connectivity index (χ4n) is 2.24. The van der Waals surface area contributed by atoms with E-state index in [-0.39, 0.29) is 6.03 Å². The van der Waals surface area contributed by atoms with Crippen LogP contribution in [0.1, 0.15) is 0 Å². The molecule has 0 aliphatic rings. The van der Waals surface area contributed by atoms with Gasteiger partial charge in [-0.2, -0.15) is 0 Å². The lowest BCUT2D eigenvalue weighted by Gasteiger charge is -2.27. The first-order chi connectivity index (χ1) is 10.6. The summed E-state index contributed by atoms with van der Waals surface area (Å²) in [5.41, 5.74) is 1.41. The van der Waals surface area contributed by atoms with Gasteiger partial charge >= 0.3 is 6.03 Å². The first-order valence-corrected chi connectivity index (χ1v) is 6.87. The van der Waals surface area contributed by atoms with Gasteiger partial charge in [-0.3, -0.25) is 9.80 Å². The lowest BCUT2D eigenvalue weighted by Crippen LogP contribution is -2.39. The van der Waals surface area contributed by atoms with Gasteiger partial charge in [0.15, 0.2) is 0 Å². The molecule has 0 unspecified atom stereocenters. The average molecular weight is 300 g/mol. The van der Waals surface area contributed by atoms with Crippen LogP contribution in [0.25, 0.3) is 0 Å². The van der Waals surface area contributed by atoms with Crippen molar-refractivity contribution in [1.82, 2.24) is 0 Å². The van der Waals surface area contributed by atoms with E-state index >= 15 is 0 Å². The quantitative estimate of drug-likeness (QED) is 0.869. The number of benzene rings is 2. The molecule has 0 aliphatic heterocycles. The Morgan fingerprint density at radius 2 is 1.14 bits per heavy atom. The van der Waals surface area contributed by atoms with Crippen LogP contribution in [-0.2, 0) is 0 Å². The molecule has 2 amide bonds. The number of urea groups is 1. The molecule has 22 heavy (non-hydrogen) atoms. The first-order valence-electron chi connectivity index (χ1n) is 6.87. The van der Waals surface area contributed by atoms with E-state index < -0.39 is 0 Å². The Hall–Kier alpha value is -2.69. The van der Waals surface area contributed by atoms with Crippen molar-refractivity contribution in [3.05, 3.63) is 48.5 Å². The number of hydrogen-bond donors (Lipinski definition) is 0. The van der Waals surface area contributed by atoms with E-state index in [1.54, 1.807) is 38.1 Å². The van der Waals surface area contributed by atoms with Crippen molar-refractivity contribution in [2.24, 2.45) is 0 Å². The summed E-state index contributed by atoms with van der Waals surface area (Å²) in [6, 6.07) is 14.6. The Kier molecular flexibility index (Phi) is 4.88. The molecule has 0 spiro atoms. The minimum atomic E-state index is -0.186. The summed E-state index contributed by atoms with van der Waals surface area (Å²) < 4.78 is 10.6. The summed E-state index contributed by atoms with van der Waals surface area (Å²) in [6.07, 6.45) is 0. The summed E-state index contributed by atoms with van der Waals surface area (Å²) in [4.78, 5) is 15.8. The number of carbonyl (C=O) groups is 1. The van der Waals surface area contributed by atoms with Gasteiger partial charge in [0, 0.05) is 14.1 Å². The van der Waals surface area contributed by atoms with E-state index in [1.165, 1.54) is 0 Å². The van der Waals surface area contributed by atoms with E-state index in [4.69, 9.17) is 9.47 Å². The summed E-state index contributed by atoms with van der Waals surface area (Å²) in [6.45, 7) is 0. The number of hydrogen-bond acceptors (Lipinski definition) is 3. The van der Waals surface area contributed by atoms with Crippen LogP contribution in [0.5, 0.6) is 11.5 Å². The fraction of sp³-hybridized carbons (Fsp3) is 0.235. The molecule has 0 N–H and O–H groups in total. The van der Waals surface area contributed by atoms with E-state index in [0.29, 0.717) is 22.9 Å². The molecule has 5 nitrogen and oxygen atoms in total. The number of amides is 2. The predicted octanol–water partition coefficient (Wildman–Crippen LogP) is 3.40. The molecule has 2 rings (SSSR count). The minimum Gasteiger partial charge on any atom is -0.495 e. The number of anilines is 2. The van der Waals surface area contributed by atoms with Crippen molar-refractivity contribution in [3.8, 4) is 11.5 Å². The summed E-state index contributed by atoms with van der Waals surface area (Å²) in [7, 11) is 6.60. The molecular formula is C17H20N2O3. The number of nitrogens with zero attached hydrogens (tertiary/aromatic N) is 2. The Morgan fingerprint density at radius 1 is 0.773 bits per heavy atom. The van der Waals surface area contributed by atoms with Crippen molar-refractivity contribution in [3.63, 3.8) is 0 Å². The third-order valence-electron chi connectivity index (χ3n) is 3.47. The average Bonchev–Trinajstić information content (AvgIpc) is 2.59. The highest BCUT2D eigenvalue weighted by Crippen LogP contribution is 2.31. The minimum absolute atomic E-state index is 0.186. The molecule has 0 radical (unpaired) electrons. The second kappa shape index (κ2) is 6.85. The van der Waals surface area contributed by atoms with Crippen LogP contribution < -0.4 is 19.3 Å². The Labute approximate surface area is 130 Å². The highest BCUT2D eigenvalue weighted by Gasteiger charge is 2.21. The maximum Gasteiger partial charge on any atom is 0.328 e. The van der Waals surface area contributed by atoms with Crippen LogP contribution in [0.2, 0.25) is 0 Å². The van der Waals surface area contributed by atoms with Gasteiger partial charge in [-0.25, -0.2) is 4.79 Å². The van der Waals surface area contributed by atoms with Crippen LogP contribution in [0, 0.1) is 0 Å². The second-order valence-corrected chi connectivity index (χ2v) is 4.74. The van der Waals surface area contributed by atoms with Crippen LogP contribution in [0.3, 0.4) is 0 Å². The van der Waals surface area contributed by atoms with Crippen molar-refractivity contribution in [2.45, 2.75) is 0 Å². The van der Waals surface area contributed by atoms with Gasteiger partial charge in [-0.1, -0.05) is 24.3 Å². The predicted molar refractivity (Wildman–Crippen MR) is 88.2 cm³/mol. The summed E-state index contributed by atoms with van der Waals surface area (Å²) >= 11 is 0. The second-order valence-electron chi connectivity index (χ2n) is 4.74. The van der Waals surface area contributed by atoms with Crippen LogP contribution in [-0.4, -0.2) is 34.3 Å². The van der Waals surface area contributed by atoms with E-state index in [2.05, 4.69) is 0 Å². The third kappa shape index (κ3) is 2.98. The fourth-order valence-corrected chi connectivity index (χ4v) is 2.24. The molecule has 0 saturated carbocycles. The molecule has 116 valence electrons. The SMILES string of the molecule is COc1ccccc1N(C)C(=O)N(C)c1ccccc1OC. The van der Waals surface area contributed by atoms with Gasteiger partial charge in [0.2, 0.25) is 0 Å². The summed E-state index contributed by atoms with van der Waals surface area (Å²) in [5, 5.41) is 0. The van der Waals surface area contributed by atoms with Crippen LogP contribution >= 0.6 is 0 Å². The normalized spacial score (nSPS) is 10.0. The molecular weight excluding hydrogens is 280 g/mol. The van der Waals surface area contributed by atoms with Crippen molar-refractivity contribution >= 4 is 17.4 Å². The maximum absolute atomic E-state index is 12.7. The number of ether oxygens (including phenoxy) is 2. The van der Waals surface area contributed by atoms with Gasteiger partial charge in [0.25, 0.3) is 0 Å². The highest BCUT2D eigenvalue weighted by atomic mass is 16.5. The van der Waals surface area contributed by atoms with Gasteiger partial charge in [-0.05, 0) is 24.3 Å². The van der Waals surface area contributed by atoms with Crippen LogP contribution in [0.4, 0.5) is 16.2 Å². The topological polar surface area (TPSA) is 42.0 Å². The molecule has 0 bridgehead atoms. The molecule has 5 heteroatoms.